The van der Waals surface area contributed by atoms with Crippen molar-refractivity contribution in [1.29, 1.82) is 0 Å². The second-order valence-corrected chi connectivity index (χ2v) is 6.57. The van der Waals surface area contributed by atoms with E-state index >= 15 is 0 Å². The summed E-state index contributed by atoms with van der Waals surface area (Å²) in [4.78, 5) is 2.48. The summed E-state index contributed by atoms with van der Waals surface area (Å²) in [6, 6.07) is 0.819. The maximum atomic E-state index is 6.32. The zero-order chi connectivity index (χ0) is 14.8. The number of hydrogen-bond acceptors (Lipinski definition) is 3. The van der Waals surface area contributed by atoms with Crippen LogP contribution in [-0.4, -0.2) is 42.8 Å². The van der Waals surface area contributed by atoms with Gasteiger partial charge in [0.05, 0.1) is 12.7 Å². The Labute approximate surface area is 126 Å². The van der Waals surface area contributed by atoms with Gasteiger partial charge in [0.1, 0.15) is 0 Å². The van der Waals surface area contributed by atoms with Crippen LogP contribution in [0.2, 0.25) is 0 Å². The van der Waals surface area contributed by atoms with Gasteiger partial charge in [-0.15, -0.1) is 0 Å². The lowest BCUT2D eigenvalue weighted by Crippen LogP contribution is -2.52. The van der Waals surface area contributed by atoms with Crippen LogP contribution in [0.15, 0.2) is 0 Å². The first-order valence-corrected chi connectivity index (χ1v) is 8.76. The van der Waals surface area contributed by atoms with E-state index in [1.807, 2.05) is 0 Å². The first-order valence-electron chi connectivity index (χ1n) is 8.76. The fraction of sp³-hybridized carbons (Fsp3) is 1.00. The molecule has 3 heteroatoms. The van der Waals surface area contributed by atoms with Crippen LogP contribution in [0.25, 0.3) is 0 Å². The highest BCUT2D eigenvalue weighted by Crippen LogP contribution is 2.15. The Bertz CT molecular complexity index is 233. The number of nitrogens with zero attached hydrogens (tertiary/aromatic N) is 1. The number of nitrogens with two attached hydrogens (primary N) is 1. The molecule has 20 heavy (non-hydrogen) atoms. The van der Waals surface area contributed by atoms with Gasteiger partial charge in [-0.2, -0.15) is 0 Å². The summed E-state index contributed by atoms with van der Waals surface area (Å²) < 4.78 is 5.86. The average molecular weight is 284 g/mol. The van der Waals surface area contributed by atoms with Gasteiger partial charge in [0.25, 0.3) is 0 Å². The van der Waals surface area contributed by atoms with Crippen LogP contribution in [0.3, 0.4) is 0 Å². The summed E-state index contributed by atoms with van der Waals surface area (Å²) in [6.07, 6.45) is 10.8. The summed E-state index contributed by atoms with van der Waals surface area (Å²) >= 11 is 0. The highest BCUT2D eigenvalue weighted by Gasteiger charge is 2.26. The van der Waals surface area contributed by atoms with E-state index in [1.165, 1.54) is 44.9 Å². The summed E-state index contributed by atoms with van der Waals surface area (Å²) in [5, 5.41) is 0. The number of hydrogen-bond donors (Lipinski definition) is 1. The zero-order valence-electron chi connectivity index (χ0n) is 13.9. The Kier molecular flexibility index (Phi) is 9.49. The van der Waals surface area contributed by atoms with Gasteiger partial charge < -0.3 is 10.5 Å². The van der Waals surface area contributed by atoms with Crippen molar-refractivity contribution in [3.8, 4) is 0 Å². The van der Waals surface area contributed by atoms with Crippen molar-refractivity contribution in [3.05, 3.63) is 0 Å². The Morgan fingerprint density at radius 1 is 1.10 bits per heavy atom. The number of ether oxygens (including phenoxy) is 1. The summed E-state index contributed by atoms with van der Waals surface area (Å²) in [5.41, 5.74) is 6.32. The molecule has 1 saturated heterocycles. The van der Waals surface area contributed by atoms with Gasteiger partial charge in [-0.25, -0.2) is 0 Å². The molecule has 0 radical (unpaired) electrons. The van der Waals surface area contributed by atoms with E-state index in [0.29, 0.717) is 6.04 Å². The Balaban J connectivity index is 2.08. The molecule has 2 atom stereocenters. The van der Waals surface area contributed by atoms with E-state index in [2.05, 4.69) is 25.7 Å². The molecule has 1 aliphatic rings. The van der Waals surface area contributed by atoms with Crippen molar-refractivity contribution >= 4 is 0 Å². The third-order valence-electron chi connectivity index (χ3n) is 4.47. The molecular weight excluding hydrogens is 248 g/mol. The van der Waals surface area contributed by atoms with Gasteiger partial charge in [0.15, 0.2) is 0 Å². The van der Waals surface area contributed by atoms with Gasteiger partial charge in [0, 0.05) is 25.2 Å². The molecule has 0 aliphatic carbocycles. The van der Waals surface area contributed by atoms with Gasteiger partial charge >= 0.3 is 0 Å². The predicted molar refractivity (Wildman–Crippen MR) is 87.0 cm³/mol. The standard InChI is InChI=1S/C17H36N2O/c1-4-5-6-7-8-9-10-11-16(18)17-14-19(15(2)3)12-13-20-17/h15-17H,4-14,18H2,1-3H3. The zero-order valence-corrected chi connectivity index (χ0v) is 13.9. The van der Waals surface area contributed by atoms with Crippen molar-refractivity contribution in [3.63, 3.8) is 0 Å². The third kappa shape index (κ3) is 7.05. The molecule has 1 heterocycles. The monoisotopic (exact) mass is 284 g/mol. The Morgan fingerprint density at radius 2 is 1.75 bits per heavy atom. The lowest BCUT2D eigenvalue weighted by molar-refractivity contribution is -0.0509. The van der Waals surface area contributed by atoms with E-state index in [0.717, 1.165) is 26.1 Å². The molecule has 120 valence electrons. The highest BCUT2D eigenvalue weighted by atomic mass is 16.5. The van der Waals surface area contributed by atoms with Crippen molar-refractivity contribution in [2.75, 3.05) is 19.7 Å². The molecule has 1 aliphatic heterocycles. The number of unbranched alkanes of at least 4 members (excludes halogenated alkanes) is 6. The topological polar surface area (TPSA) is 38.5 Å². The van der Waals surface area contributed by atoms with E-state index in [4.69, 9.17) is 10.5 Å². The van der Waals surface area contributed by atoms with E-state index in [1.54, 1.807) is 0 Å². The normalized spacial score (nSPS) is 22.4. The maximum absolute atomic E-state index is 6.32. The first kappa shape index (κ1) is 17.9. The minimum absolute atomic E-state index is 0.215. The number of morpholine rings is 1. The quantitative estimate of drug-likeness (QED) is 0.623. The van der Waals surface area contributed by atoms with Crippen molar-refractivity contribution in [2.45, 2.75) is 90.3 Å². The third-order valence-corrected chi connectivity index (χ3v) is 4.47. The molecule has 0 spiro atoms. The van der Waals surface area contributed by atoms with Crippen LogP contribution in [0.4, 0.5) is 0 Å². The van der Waals surface area contributed by atoms with Crippen molar-refractivity contribution < 1.29 is 4.74 Å². The molecule has 0 bridgehead atoms. The molecule has 0 amide bonds. The maximum Gasteiger partial charge on any atom is 0.0853 e. The molecule has 0 saturated carbocycles. The molecule has 0 aromatic carbocycles. The fourth-order valence-corrected chi connectivity index (χ4v) is 2.95. The Hall–Kier alpha value is -0.120. The fourth-order valence-electron chi connectivity index (χ4n) is 2.95. The van der Waals surface area contributed by atoms with Gasteiger partial charge in [0.2, 0.25) is 0 Å². The molecule has 3 nitrogen and oxygen atoms in total. The lowest BCUT2D eigenvalue weighted by atomic mass is 10.0. The van der Waals surface area contributed by atoms with Gasteiger partial charge in [-0.1, -0.05) is 51.9 Å². The smallest absolute Gasteiger partial charge is 0.0853 e. The van der Waals surface area contributed by atoms with Crippen LogP contribution < -0.4 is 5.73 Å². The molecule has 2 N–H and O–H groups in total. The van der Waals surface area contributed by atoms with Gasteiger partial charge in [-0.05, 0) is 20.3 Å². The summed E-state index contributed by atoms with van der Waals surface area (Å²) in [7, 11) is 0. The minimum Gasteiger partial charge on any atom is -0.374 e. The van der Waals surface area contributed by atoms with E-state index < -0.39 is 0 Å². The minimum atomic E-state index is 0.215. The lowest BCUT2D eigenvalue weighted by Gasteiger charge is -2.37. The molecule has 1 fully saturated rings. The van der Waals surface area contributed by atoms with Gasteiger partial charge in [-0.3, -0.25) is 4.90 Å². The highest BCUT2D eigenvalue weighted by molar-refractivity contribution is 4.81. The molecule has 1 rings (SSSR count). The SMILES string of the molecule is CCCCCCCCCC(N)C1CN(C(C)C)CCO1. The van der Waals surface area contributed by atoms with Crippen LogP contribution in [0.5, 0.6) is 0 Å². The van der Waals surface area contributed by atoms with Crippen LogP contribution in [0, 0.1) is 0 Å². The number of rotatable bonds is 10. The predicted octanol–water partition coefficient (Wildman–Crippen LogP) is 3.56. The van der Waals surface area contributed by atoms with Crippen molar-refractivity contribution in [1.82, 2.24) is 4.90 Å². The van der Waals surface area contributed by atoms with E-state index in [9.17, 15) is 0 Å². The largest absolute Gasteiger partial charge is 0.374 e. The van der Waals surface area contributed by atoms with Crippen molar-refractivity contribution in [2.24, 2.45) is 5.73 Å². The second-order valence-electron chi connectivity index (χ2n) is 6.57. The summed E-state index contributed by atoms with van der Waals surface area (Å²) in [6.45, 7) is 9.68. The van der Waals surface area contributed by atoms with Crippen LogP contribution in [0.1, 0.15) is 72.1 Å². The molecule has 0 aromatic heterocycles. The molecular formula is C17H36N2O. The van der Waals surface area contributed by atoms with Crippen LogP contribution in [-0.2, 0) is 4.74 Å². The molecule has 0 aromatic rings. The van der Waals surface area contributed by atoms with Crippen LogP contribution >= 0.6 is 0 Å². The summed E-state index contributed by atoms with van der Waals surface area (Å²) in [5.74, 6) is 0. The molecule has 2 unspecified atom stereocenters. The first-order chi connectivity index (χ1) is 9.65. The van der Waals surface area contributed by atoms with E-state index in [-0.39, 0.29) is 12.1 Å². The Morgan fingerprint density at radius 3 is 2.40 bits per heavy atom. The average Bonchev–Trinajstić information content (AvgIpc) is 2.46. The second kappa shape index (κ2) is 10.6.